The fourth-order valence-electron chi connectivity index (χ4n) is 1.57. The Morgan fingerprint density at radius 3 is 2.94 bits per heavy atom. The van der Waals surface area contributed by atoms with Crippen LogP contribution in [-0.2, 0) is 0 Å². The second-order valence-electron chi connectivity index (χ2n) is 4.12. The van der Waals surface area contributed by atoms with E-state index in [1.807, 2.05) is 13.0 Å². The van der Waals surface area contributed by atoms with Gasteiger partial charge in [0.2, 0.25) is 5.89 Å². The maximum atomic E-state index is 5.45. The summed E-state index contributed by atoms with van der Waals surface area (Å²) >= 11 is 0. The fraction of sp³-hybridized carbons (Fsp3) is 0.615. The van der Waals surface area contributed by atoms with Crippen molar-refractivity contribution in [3.05, 3.63) is 30.5 Å². The average Bonchev–Trinajstić information content (AvgIpc) is 2.70. The summed E-state index contributed by atoms with van der Waals surface area (Å²) in [6.07, 6.45) is 8.53. The Morgan fingerprint density at radius 2 is 2.31 bits per heavy atom. The lowest BCUT2D eigenvalue weighted by molar-refractivity contribution is 0.400. The second-order valence-corrected chi connectivity index (χ2v) is 4.12. The van der Waals surface area contributed by atoms with Gasteiger partial charge in [-0.25, -0.2) is 4.98 Å². The van der Waals surface area contributed by atoms with Crippen LogP contribution < -0.4 is 5.32 Å². The third kappa shape index (κ3) is 4.62. The topological polar surface area (TPSA) is 38.1 Å². The molecular formula is C13H22N2O. The van der Waals surface area contributed by atoms with Crippen molar-refractivity contribution in [2.24, 2.45) is 0 Å². The van der Waals surface area contributed by atoms with Gasteiger partial charge in [0.1, 0.15) is 5.76 Å². The molecule has 0 bridgehead atoms. The molecule has 1 heterocycles. The number of rotatable bonds is 8. The zero-order valence-electron chi connectivity index (χ0n) is 10.3. The summed E-state index contributed by atoms with van der Waals surface area (Å²) in [5.41, 5.74) is 0. The lowest BCUT2D eigenvalue weighted by Crippen LogP contribution is -2.20. The van der Waals surface area contributed by atoms with Gasteiger partial charge in [-0.15, -0.1) is 6.58 Å². The molecule has 1 N–H and O–H groups in total. The van der Waals surface area contributed by atoms with Crippen molar-refractivity contribution in [1.82, 2.24) is 10.3 Å². The Kier molecular flexibility index (Phi) is 5.86. The minimum atomic E-state index is 0.202. The van der Waals surface area contributed by atoms with Crippen LogP contribution in [0.5, 0.6) is 0 Å². The number of hydrogen-bond donors (Lipinski definition) is 1. The van der Waals surface area contributed by atoms with Gasteiger partial charge in [0, 0.05) is 0 Å². The summed E-state index contributed by atoms with van der Waals surface area (Å²) in [6, 6.07) is 0.202. The van der Waals surface area contributed by atoms with E-state index < -0.39 is 0 Å². The Labute approximate surface area is 98.0 Å². The first-order valence-corrected chi connectivity index (χ1v) is 6.00. The number of aromatic nitrogens is 1. The molecule has 0 spiro atoms. The van der Waals surface area contributed by atoms with Crippen molar-refractivity contribution < 1.29 is 4.42 Å². The van der Waals surface area contributed by atoms with Crippen LogP contribution in [0.4, 0.5) is 0 Å². The van der Waals surface area contributed by atoms with Crippen LogP contribution in [0.25, 0.3) is 0 Å². The number of allylic oxidation sites excluding steroid dienone is 1. The lowest BCUT2D eigenvalue weighted by atomic mass is 10.2. The molecule has 90 valence electrons. The molecular weight excluding hydrogens is 200 g/mol. The maximum absolute atomic E-state index is 5.45. The molecule has 1 rings (SSSR count). The van der Waals surface area contributed by atoms with Crippen LogP contribution in [0.15, 0.2) is 23.3 Å². The first kappa shape index (κ1) is 13.0. The smallest absolute Gasteiger partial charge is 0.211 e. The molecule has 1 atom stereocenters. The minimum absolute atomic E-state index is 0.202. The van der Waals surface area contributed by atoms with E-state index in [9.17, 15) is 0 Å². The molecule has 3 heteroatoms. The predicted molar refractivity (Wildman–Crippen MR) is 66.3 cm³/mol. The highest BCUT2D eigenvalue weighted by atomic mass is 16.4. The van der Waals surface area contributed by atoms with Gasteiger partial charge >= 0.3 is 0 Å². The van der Waals surface area contributed by atoms with Crippen LogP contribution in [0.1, 0.15) is 50.3 Å². The van der Waals surface area contributed by atoms with Gasteiger partial charge in [0.15, 0.2) is 0 Å². The van der Waals surface area contributed by atoms with Crippen molar-refractivity contribution in [3.63, 3.8) is 0 Å². The van der Waals surface area contributed by atoms with E-state index in [1.54, 1.807) is 6.20 Å². The second kappa shape index (κ2) is 7.23. The summed E-state index contributed by atoms with van der Waals surface area (Å²) in [5, 5.41) is 3.41. The number of hydrogen-bond acceptors (Lipinski definition) is 3. The molecule has 0 aliphatic carbocycles. The molecule has 16 heavy (non-hydrogen) atoms. The Bertz CT molecular complexity index is 307. The van der Waals surface area contributed by atoms with E-state index in [1.165, 1.54) is 19.3 Å². The molecule has 0 amide bonds. The molecule has 0 saturated heterocycles. The Balaban J connectivity index is 2.11. The van der Waals surface area contributed by atoms with Crippen molar-refractivity contribution >= 4 is 0 Å². The van der Waals surface area contributed by atoms with Gasteiger partial charge in [-0.05, 0) is 39.7 Å². The quantitative estimate of drug-likeness (QED) is 0.541. The number of oxazole rings is 1. The van der Waals surface area contributed by atoms with Gasteiger partial charge in [0.25, 0.3) is 0 Å². The minimum Gasteiger partial charge on any atom is -0.444 e. The number of nitrogens with zero attached hydrogens (tertiary/aromatic N) is 1. The molecule has 0 fully saturated rings. The molecule has 3 nitrogen and oxygen atoms in total. The SMILES string of the molecule is C=CCCCCCNC(C)c1ncc(C)o1. The highest BCUT2D eigenvalue weighted by molar-refractivity contribution is 4.94. The number of nitrogens with one attached hydrogen (secondary N) is 1. The van der Waals surface area contributed by atoms with E-state index in [-0.39, 0.29) is 6.04 Å². The normalized spacial score (nSPS) is 12.6. The van der Waals surface area contributed by atoms with Crippen LogP contribution in [-0.4, -0.2) is 11.5 Å². The van der Waals surface area contributed by atoms with Gasteiger partial charge in [-0.3, -0.25) is 0 Å². The predicted octanol–water partition coefficient (Wildman–Crippen LogP) is 3.38. The first-order chi connectivity index (χ1) is 7.74. The zero-order chi connectivity index (χ0) is 11.8. The van der Waals surface area contributed by atoms with Gasteiger partial charge < -0.3 is 9.73 Å². The van der Waals surface area contributed by atoms with Crippen LogP contribution in [0, 0.1) is 6.92 Å². The summed E-state index contributed by atoms with van der Waals surface area (Å²) in [4.78, 5) is 4.20. The third-order valence-corrected chi connectivity index (χ3v) is 2.55. The summed E-state index contributed by atoms with van der Waals surface area (Å²) < 4.78 is 5.45. The zero-order valence-corrected chi connectivity index (χ0v) is 10.3. The Morgan fingerprint density at radius 1 is 1.50 bits per heavy atom. The van der Waals surface area contributed by atoms with Gasteiger partial charge in [0.05, 0.1) is 12.2 Å². The Hall–Kier alpha value is -1.09. The molecule has 1 aromatic rings. The largest absolute Gasteiger partial charge is 0.444 e. The van der Waals surface area contributed by atoms with E-state index in [4.69, 9.17) is 4.42 Å². The molecule has 0 aliphatic rings. The highest BCUT2D eigenvalue weighted by Crippen LogP contribution is 2.11. The first-order valence-electron chi connectivity index (χ1n) is 6.00. The fourth-order valence-corrected chi connectivity index (χ4v) is 1.57. The van der Waals surface area contributed by atoms with E-state index in [2.05, 4.69) is 23.8 Å². The van der Waals surface area contributed by atoms with Crippen LogP contribution >= 0.6 is 0 Å². The number of aryl methyl sites for hydroxylation is 1. The molecule has 1 unspecified atom stereocenters. The van der Waals surface area contributed by atoms with E-state index in [0.717, 1.165) is 24.6 Å². The van der Waals surface area contributed by atoms with Gasteiger partial charge in [-0.2, -0.15) is 0 Å². The van der Waals surface area contributed by atoms with Crippen molar-refractivity contribution in [3.8, 4) is 0 Å². The maximum Gasteiger partial charge on any atom is 0.211 e. The van der Waals surface area contributed by atoms with Crippen molar-refractivity contribution in [1.29, 1.82) is 0 Å². The molecule has 0 aliphatic heterocycles. The molecule has 0 aromatic carbocycles. The van der Waals surface area contributed by atoms with Crippen molar-refractivity contribution in [2.75, 3.05) is 6.54 Å². The van der Waals surface area contributed by atoms with E-state index in [0.29, 0.717) is 0 Å². The number of unbranched alkanes of at least 4 members (excludes halogenated alkanes) is 3. The monoisotopic (exact) mass is 222 g/mol. The summed E-state index contributed by atoms with van der Waals surface area (Å²) in [7, 11) is 0. The van der Waals surface area contributed by atoms with Gasteiger partial charge in [-0.1, -0.05) is 12.5 Å². The highest BCUT2D eigenvalue weighted by Gasteiger charge is 2.09. The van der Waals surface area contributed by atoms with Crippen LogP contribution in [0.2, 0.25) is 0 Å². The van der Waals surface area contributed by atoms with E-state index >= 15 is 0 Å². The molecule has 0 radical (unpaired) electrons. The third-order valence-electron chi connectivity index (χ3n) is 2.55. The average molecular weight is 222 g/mol. The standard InChI is InChI=1S/C13H22N2O/c1-4-5-6-7-8-9-14-12(3)13-15-10-11(2)16-13/h4,10,12,14H,1,5-9H2,2-3H3. The molecule has 1 aromatic heterocycles. The van der Waals surface area contributed by atoms with Crippen LogP contribution in [0.3, 0.4) is 0 Å². The molecule has 0 saturated carbocycles. The lowest BCUT2D eigenvalue weighted by Gasteiger charge is -2.09. The van der Waals surface area contributed by atoms with Crippen molar-refractivity contribution in [2.45, 2.75) is 45.6 Å². The summed E-state index contributed by atoms with van der Waals surface area (Å²) in [6.45, 7) is 8.72. The summed E-state index contributed by atoms with van der Waals surface area (Å²) in [5.74, 6) is 1.65.